The third-order valence-corrected chi connectivity index (χ3v) is 4.12. The first-order valence-corrected chi connectivity index (χ1v) is 8.09. The number of aryl methyl sites for hydroxylation is 1. The summed E-state index contributed by atoms with van der Waals surface area (Å²) in [6.45, 7) is 4.21. The summed E-state index contributed by atoms with van der Waals surface area (Å²) >= 11 is 0. The van der Waals surface area contributed by atoms with Gasteiger partial charge in [0.15, 0.2) is 0 Å². The number of aliphatic hydroxyl groups excluding tert-OH is 1. The predicted octanol–water partition coefficient (Wildman–Crippen LogP) is 2.65. The Morgan fingerprint density at radius 3 is 2.79 bits per heavy atom. The summed E-state index contributed by atoms with van der Waals surface area (Å²) in [5, 5.41) is 9.43. The highest BCUT2D eigenvalue weighted by Gasteiger charge is 2.12. The van der Waals surface area contributed by atoms with Crippen molar-refractivity contribution < 1.29 is 9.84 Å². The van der Waals surface area contributed by atoms with Crippen LogP contribution in [0, 0.1) is 6.92 Å². The minimum Gasteiger partial charge on any atom is -0.496 e. The van der Waals surface area contributed by atoms with Crippen LogP contribution in [0.2, 0.25) is 0 Å². The van der Waals surface area contributed by atoms with E-state index in [9.17, 15) is 5.11 Å². The molecule has 0 aliphatic heterocycles. The van der Waals surface area contributed by atoms with E-state index in [1.807, 2.05) is 30.5 Å². The standard InChI is InChI=1S/C19H23N3O2/c1-15-7-8-19-20-11-17(22(19)12-15)14-21(9-10-23)13-16-5-3-4-6-18(16)24-2/h3-8,11-12,23H,9-10,13-14H2,1-2H3. The van der Waals surface area contributed by atoms with E-state index in [-0.39, 0.29) is 6.61 Å². The second kappa shape index (κ2) is 7.47. The van der Waals surface area contributed by atoms with Gasteiger partial charge in [-0.1, -0.05) is 24.3 Å². The normalized spacial score (nSPS) is 11.3. The Kier molecular flexibility index (Phi) is 5.13. The first-order valence-electron chi connectivity index (χ1n) is 8.09. The lowest BCUT2D eigenvalue weighted by Gasteiger charge is -2.22. The minimum absolute atomic E-state index is 0.116. The number of methoxy groups -OCH3 is 1. The Morgan fingerprint density at radius 1 is 1.17 bits per heavy atom. The monoisotopic (exact) mass is 325 g/mol. The first-order chi connectivity index (χ1) is 11.7. The van der Waals surface area contributed by atoms with Crippen molar-refractivity contribution in [2.24, 2.45) is 0 Å². The molecule has 0 atom stereocenters. The number of benzene rings is 1. The number of hydrogen-bond acceptors (Lipinski definition) is 4. The highest BCUT2D eigenvalue weighted by atomic mass is 16.5. The van der Waals surface area contributed by atoms with Gasteiger partial charge < -0.3 is 14.2 Å². The smallest absolute Gasteiger partial charge is 0.136 e. The van der Waals surface area contributed by atoms with Gasteiger partial charge in [0.05, 0.1) is 25.6 Å². The number of pyridine rings is 1. The number of aliphatic hydroxyl groups is 1. The van der Waals surface area contributed by atoms with Gasteiger partial charge in [-0.15, -0.1) is 0 Å². The number of aromatic nitrogens is 2. The molecule has 3 rings (SSSR count). The van der Waals surface area contributed by atoms with Crippen LogP contribution in [0.25, 0.3) is 5.65 Å². The first kappa shape index (κ1) is 16.5. The lowest BCUT2D eigenvalue weighted by atomic mass is 10.2. The number of para-hydroxylation sites is 1. The topological polar surface area (TPSA) is 50.0 Å². The van der Waals surface area contributed by atoms with Crippen LogP contribution in [0.3, 0.4) is 0 Å². The van der Waals surface area contributed by atoms with Crippen LogP contribution in [0.1, 0.15) is 16.8 Å². The van der Waals surface area contributed by atoms with E-state index in [2.05, 4.69) is 39.5 Å². The molecule has 126 valence electrons. The van der Waals surface area contributed by atoms with Gasteiger partial charge in [0, 0.05) is 31.4 Å². The van der Waals surface area contributed by atoms with Crippen molar-refractivity contribution in [2.45, 2.75) is 20.0 Å². The Labute approximate surface area is 142 Å². The third kappa shape index (κ3) is 3.58. The molecular formula is C19H23N3O2. The molecule has 3 aromatic rings. The Balaban J connectivity index is 1.84. The molecule has 0 bridgehead atoms. The Bertz CT molecular complexity index is 813. The quantitative estimate of drug-likeness (QED) is 0.725. The van der Waals surface area contributed by atoms with Gasteiger partial charge in [-0.3, -0.25) is 4.90 Å². The lowest BCUT2D eigenvalue weighted by molar-refractivity contribution is 0.181. The van der Waals surface area contributed by atoms with Crippen molar-refractivity contribution in [1.82, 2.24) is 14.3 Å². The highest BCUT2D eigenvalue weighted by molar-refractivity contribution is 5.41. The molecular weight excluding hydrogens is 302 g/mol. The van der Waals surface area contributed by atoms with E-state index in [4.69, 9.17) is 4.74 Å². The van der Waals surface area contributed by atoms with Crippen molar-refractivity contribution >= 4 is 5.65 Å². The zero-order valence-corrected chi connectivity index (χ0v) is 14.1. The number of imidazole rings is 1. The van der Waals surface area contributed by atoms with E-state index < -0.39 is 0 Å². The second-order valence-corrected chi connectivity index (χ2v) is 5.93. The largest absolute Gasteiger partial charge is 0.496 e. The maximum atomic E-state index is 9.43. The van der Waals surface area contributed by atoms with Crippen LogP contribution in [0.4, 0.5) is 0 Å². The molecule has 0 amide bonds. The summed E-state index contributed by atoms with van der Waals surface area (Å²) in [6, 6.07) is 12.1. The fourth-order valence-corrected chi connectivity index (χ4v) is 2.91. The molecule has 0 spiro atoms. The fraction of sp³-hybridized carbons (Fsp3) is 0.316. The van der Waals surface area contributed by atoms with Gasteiger partial charge in [-0.25, -0.2) is 4.98 Å². The van der Waals surface area contributed by atoms with Gasteiger partial charge in [0.2, 0.25) is 0 Å². The van der Waals surface area contributed by atoms with Crippen molar-refractivity contribution in [1.29, 1.82) is 0 Å². The number of fused-ring (bicyclic) bond motifs is 1. The van der Waals surface area contributed by atoms with E-state index in [0.29, 0.717) is 19.6 Å². The fourth-order valence-electron chi connectivity index (χ4n) is 2.91. The molecule has 0 fully saturated rings. The van der Waals surface area contributed by atoms with Gasteiger partial charge in [0.25, 0.3) is 0 Å². The summed E-state index contributed by atoms with van der Waals surface area (Å²) in [6.07, 6.45) is 4.00. The van der Waals surface area contributed by atoms with Crippen LogP contribution < -0.4 is 4.74 Å². The van der Waals surface area contributed by atoms with Crippen LogP contribution in [0.5, 0.6) is 5.75 Å². The zero-order valence-electron chi connectivity index (χ0n) is 14.1. The van der Waals surface area contributed by atoms with Gasteiger partial charge >= 0.3 is 0 Å². The second-order valence-electron chi connectivity index (χ2n) is 5.93. The summed E-state index contributed by atoms with van der Waals surface area (Å²) in [5.41, 5.74) is 4.35. The summed E-state index contributed by atoms with van der Waals surface area (Å²) < 4.78 is 7.55. The van der Waals surface area contributed by atoms with Crippen molar-refractivity contribution in [3.05, 3.63) is 65.6 Å². The van der Waals surface area contributed by atoms with Gasteiger partial charge in [0.1, 0.15) is 11.4 Å². The van der Waals surface area contributed by atoms with Crippen LogP contribution in [-0.4, -0.2) is 39.7 Å². The molecule has 0 aliphatic rings. The minimum atomic E-state index is 0.116. The van der Waals surface area contributed by atoms with Crippen molar-refractivity contribution in [2.75, 3.05) is 20.3 Å². The molecule has 0 unspecified atom stereocenters. The van der Waals surface area contributed by atoms with E-state index in [1.165, 1.54) is 5.56 Å². The summed E-state index contributed by atoms with van der Waals surface area (Å²) in [7, 11) is 1.68. The Morgan fingerprint density at radius 2 is 2.00 bits per heavy atom. The van der Waals surface area contributed by atoms with Crippen LogP contribution >= 0.6 is 0 Å². The number of nitrogens with zero attached hydrogens (tertiary/aromatic N) is 3. The molecule has 0 saturated heterocycles. The van der Waals surface area contributed by atoms with E-state index >= 15 is 0 Å². The summed E-state index contributed by atoms with van der Waals surface area (Å²) in [4.78, 5) is 6.66. The molecule has 1 N–H and O–H groups in total. The maximum absolute atomic E-state index is 9.43. The molecule has 2 heterocycles. The number of rotatable bonds is 7. The average molecular weight is 325 g/mol. The van der Waals surface area contributed by atoms with Crippen molar-refractivity contribution in [3.63, 3.8) is 0 Å². The average Bonchev–Trinajstić information content (AvgIpc) is 2.97. The molecule has 2 aromatic heterocycles. The van der Waals surface area contributed by atoms with Gasteiger partial charge in [-0.05, 0) is 24.6 Å². The number of ether oxygens (including phenoxy) is 1. The maximum Gasteiger partial charge on any atom is 0.136 e. The van der Waals surface area contributed by atoms with E-state index in [0.717, 1.165) is 22.7 Å². The number of hydrogen-bond donors (Lipinski definition) is 1. The third-order valence-electron chi connectivity index (χ3n) is 4.12. The zero-order chi connectivity index (χ0) is 16.9. The summed E-state index contributed by atoms with van der Waals surface area (Å²) in [5.74, 6) is 0.870. The van der Waals surface area contributed by atoms with Gasteiger partial charge in [-0.2, -0.15) is 0 Å². The predicted molar refractivity (Wildman–Crippen MR) is 94.1 cm³/mol. The Hall–Kier alpha value is -2.37. The van der Waals surface area contributed by atoms with Crippen molar-refractivity contribution in [3.8, 4) is 5.75 Å². The van der Waals surface area contributed by atoms with Crippen LogP contribution in [-0.2, 0) is 13.1 Å². The lowest BCUT2D eigenvalue weighted by Crippen LogP contribution is -2.27. The molecule has 1 aromatic carbocycles. The van der Waals surface area contributed by atoms with E-state index in [1.54, 1.807) is 7.11 Å². The molecule has 0 saturated carbocycles. The van der Waals surface area contributed by atoms with Crippen LogP contribution in [0.15, 0.2) is 48.8 Å². The molecule has 0 aliphatic carbocycles. The molecule has 5 nitrogen and oxygen atoms in total. The molecule has 0 radical (unpaired) electrons. The SMILES string of the molecule is COc1ccccc1CN(CCO)Cc1cnc2ccc(C)cn12. The molecule has 5 heteroatoms. The molecule has 24 heavy (non-hydrogen) atoms. The highest BCUT2D eigenvalue weighted by Crippen LogP contribution is 2.20.